The molecule has 4 N–H and O–H groups in total. The Morgan fingerprint density at radius 3 is 2.96 bits per heavy atom. The van der Waals surface area contributed by atoms with Gasteiger partial charge < -0.3 is 11.1 Å². The Kier molecular flexibility index (Phi) is 3.70. The third-order valence-corrected chi connectivity index (χ3v) is 4.62. The lowest BCUT2D eigenvalue weighted by atomic mass is 10.1. The number of nitrogens with one attached hydrogen (secondary N) is 2. The lowest BCUT2D eigenvalue weighted by molar-refractivity contribution is 0.121. The number of nitrogens with zero attached hydrogens (tertiary/aromatic N) is 5. The van der Waals surface area contributed by atoms with Crippen LogP contribution in [-0.2, 0) is 0 Å². The number of anilines is 1. The van der Waals surface area contributed by atoms with Gasteiger partial charge in [0.15, 0.2) is 5.65 Å². The first kappa shape index (κ1) is 15.1. The SMILES string of the molecule is CC(C)N1CCNCC1c1cc(N)n2ncc(-c3cn[nH]c3)c2n1. The van der Waals surface area contributed by atoms with Crippen LogP contribution in [0.25, 0.3) is 16.8 Å². The van der Waals surface area contributed by atoms with Crippen LogP contribution in [-0.4, -0.2) is 55.4 Å². The molecule has 1 atom stereocenters. The zero-order chi connectivity index (χ0) is 16.7. The molecular formula is C16H22N8. The second kappa shape index (κ2) is 5.88. The number of nitrogen functional groups attached to an aromatic ring is 1. The molecule has 0 saturated carbocycles. The molecule has 24 heavy (non-hydrogen) atoms. The van der Waals surface area contributed by atoms with E-state index in [1.165, 1.54) is 0 Å². The van der Waals surface area contributed by atoms with Crippen LogP contribution in [0.1, 0.15) is 25.6 Å². The highest BCUT2D eigenvalue weighted by molar-refractivity contribution is 5.77. The molecule has 4 rings (SSSR count). The normalized spacial score (nSPS) is 19.4. The molecule has 0 bridgehead atoms. The molecule has 1 saturated heterocycles. The van der Waals surface area contributed by atoms with Crippen LogP contribution in [0.5, 0.6) is 0 Å². The number of hydrogen-bond donors (Lipinski definition) is 3. The maximum atomic E-state index is 6.25. The van der Waals surface area contributed by atoms with Gasteiger partial charge >= 0.3 is 0 Å². The van der Waals surface area contributed by atoms with Gasteiger partial charge in [-0.2, -0.15) is 14.7 Å². The Balaban J connectivity index is 1.83. The summed E-state index contributed by atoms with van der Waals surface area (Å²) in [5, 5.41) is 14.7. The number of hydrogen-bond acceptors (Lipinski definition) is 6. The summed E-state index contributed by atoms with van der Waals surface area (Å²) < 4.78 is 1.68. The van der Waals surface area contributed by atoms with Crippen molar-refractivity contribution in [2.24, 2.45) is 0 Å². The monoisotopic (exact) mass is 326 g/mol. The summed E-state index contributed by atoms with van der Waals surface area (Å²) in [6.45, 7) is 7.31. The number of fused-ring (bicyclic) bond motifs is 1. The zero-order valence-corrected chi connectivity index (χ0v) is 13.9. The molecule has 0 spiro atoms. The quantitative estimate of drug-likeness (QED) is 0.665. The first-order valence-electron chi connectivity index (χ1n) is 8.25. The van der Waals surface area contributed by atoms with Gasteiger partial charge in [-0.15, -0.1) is 0 Å². The minimum atomic E-state index is 0.207. The molecule has 0 amide bonds. The van der Waals surface area contributed by atoms with Gasteiger partial charge in [0.2, 0.25) is 0 Å². The van der Waals surface area contributed by atoms with E-state index in [1.54, 1.807) is 16.9 Å². The third kappa shape index (κ3) is 2.44. The van der Waals surface area contributed by atoms with Gasteiger partial charge in [0.05, 0.1) is 24.1 Å². The molecule has 1 aliphatic heterocycles. The average molecular weight is 326 g/mol. The summed E-state index contributed by atoms with van der Waals surface area (Å²) in [6, 6.07) is 2.60. The van der Waals surface area contributed by atoms with E-state index < -0.39 is 0 Å². The highest BCUT2D eigenvalue weighted by Crippen LogP contribution is 2.28. The van der Waals surface area contributed by atoms with Crippen LogP contribution in [0, 0.1) is 0 Å². The fourth-order valence-corrected chi connectivity index (χ4v) is 3.39. The van der Waals surface area contributed by atoms with Crippen molar-refractivity contribution in [3.63, 3.8) is 0 Å². The first-order chi connectivity index (χ1) is 11.6. The fraction of sp³-hybridized carbons (Fsp3) is 0.438. The summed E-state index contributed by atoms with van der Waals surface area (Å²) in [7, 11) is 0. The molecular weight excluding hydrogens is 304 g/mol. The fourth-order valence-electron chi connectivity index (χ4n) is 3.39. The maximum Gasteiger partial charge on any atom is 0.165 e. The molecule has 8 heteroatoms. The van der Waals surface area contributed by atoms with Crippen molar-refractivity contribution in [3.8, 4) is 11.1 Å². The lowest BCUT2D eigenvalue weighted by Gasteiger charge is -2.38. The smallest absolute Gasteiger partial charge is 0.165 e. The van der Waals surface area contributed by atoms with Crippen LogP contribution in [0.3, 0.4) is 0 Å². The van der Waals surface area contributed by atoms with E-state index in [0.717, 1.165) is 42.1 Å². The molecule has 1 aliphatic rings. The summed E-state index contributed by atoms with van der Waals surface area (Å²) in [5.41, 5.74) is 9.88. The van der Waals surface area contributed by atoms with E-state index >= 15 is 0 Å². The van der Waals surface area contributed by atoms with Crippen LogP contribution in [0.2, 0.25) is 0 Å². The Labute approximate surface area is 140 Å². The van der Waals surface area contributed by atoms with Crippen molar-refractivity contribution in [1.82, 2.24) is 35.0 Å². The van der Waals surface area contributed by atoms with Gasteiger partial charge in [-0.25, -0.2) is 4.98 Å². The largest absolute Gasteiger partial charge is 0.384 e. The maximum absolute atomic E-state index is 6.25. The van der Waals surface area contributed by atoms with Crippen molar-refractivity contribution in [2.45, 2.75) is 25.9 Å². The number of H-pyrrole nitrogens is 1. The second-order valence-corrected chi connectivity index (χ2v) is 6.44. The van der Waals surface area contributed by atoms with Gasteiger partial charge in [0.25, 0.3) is 0 Å². The van der Waals surface area contributed by atoms with Crippen molar-refractivity contribution in [3.05, 3.63) is 30.4 Å². The minimum Gasteiger partial charge on any atom is -0.384 e. The summed E-state index contributed by atoms with van der Waals surface area (Å²) >= 11 is 0. The molecule has 3 aromatic heterocycles. The molecule has 0 aliphatic carbocycles. The number of nitrogens with two attached hydrogens (primary N) is 1. The van der Waals surface area contributed by atoms with Crippen molar-refractivity contribution in [2.75, 3.05) is 25.4 Å². The summed E-state index contributed by atoms with van der Waals surface area (Å²) in [6.07, 6.45) is 5.39. The van der Waals surface area contributed by atoms with Gasteiger partial charge in [-0.3, -0.25) is 10.00 Å². The predicted octanol–water partition coefficient (Wildman–Crippen LogP) is 1.06. The summed E-state index contributed by atoms with van der Waals surface area (Å²) in [5.74, 6) is 0.596. The zero-order valence-electron chi connectivity index (χ0n) is 13.9. The van der Waals surface area contributed by atoms with Crippen LogP contribution >= 0.6 is 0 Å². The molecule has 0 radical (unpaired) electrons. The van der Waals surface area contributed by atoms with Gasteiger partial charge in [-0.05, 0) is 13.8 Å². The van der Waals surface area contributed by atoms with E-state index in [9.17, 15) is 0 Å². The number of rotatable bonds is 3. The Bertz CT molecular complexity index is 835. The summed E-state index contributed by atoms with van der Waals surface area (Å²) in [4.78, 5) is 7.37. The predicted molar refractivity (Wildman–Crippen MR) is 92.4 cm³/mol. The highest BCUT2D eigenvalue weighted by atomic mass is 15.3. The second-order valence-electron chi connectivity index (χ2n) is 6.44. The Hall–Kier alpha value is -2.45. The molecule has 3 aromatic rings. The molecule has 0 aromatic carbocycles. The van der Waals surface area contributed by atoms with Crippen LogP contribution in [0.15, 0.2) is 24.7 Å². The van der Waals surface area contributed by atoms with Crippen molar-refractivity contribution >= 4 is 11.5 Å². The molecule has 1 unspecified atom stereocenters. The average Bonchev–Trinajstić information content (AvgIpc) is 3.23. The standard InChI is InChI=1S/C16H22N8/c1-10(2)23-4-3-18-9-14(23)13-5-15(17)24-16(22-13)12(8-21-24)11-6-19-20-7-11/h5-8,10,14,18H,3-4,9,17H2,1-2H3,(H,19,20). The van der Waals surface area contributed by atoms with E-state index in [4.69, 9.17) is 10.7 Å². The minimum absolute atomic E-state index is 0.207. The van der Waals surface area contributed by atoms with E-state index in [2.05, 4.69) is 39.4 Å². The third-order valence-electron chi connectivity index (χ3n) is 4.62. The molecule has 1 fully saturated rings. The van der Waals surface area contributed by atoms with Crippen LogP contribution < -0.4 is 11.1 Å². The number of aromatic amines is 1. The molecule has 8 nitrogen and oxygen atoms in total. The Morgan fingerprint density at radius 2 is 2.21 bits per heavy atom. The van der Waals surface area contributed by atoms with Gasteiger partial charge in [-0.1, -0.05) is 0 Å². The van der Waals surface area contributed by atoms with Crippen molar-refractivity contribution < 1.29 is 0 Å². The molecule has 126 valence electrons. The van der Waals surface area contributed by atoms with E-state index in [1.807, 2.05) is 12.3 Å². The van der Waals surface area contributed by atoms with Crippen LogP contribution in [0.4, 0.5) is 5.82 Å². The first-order valence-corrected chi connectivity index (χ1v) is 8.25. The van der Waals surface area contributed by atoms with Crippen molar-refractivity contribution in [1.29, 1.82) is 0 Å². The number of piperazine rings is 1. The van der Waals surface area contributed by atoms with E-state index in [-0.39, 0.29) is 6.04 Å². The Morgan fingerprint density at radius 1 is 1.33 bits per heavy atom. The highest BCUT2D eigenvalue weighted by Gasteiger charge is 2.28. The van der Waals surface area contributed by atoms with Gasteiger partial charge in [0.1, 0.15) is 5.82 Å². The lowest BCUT2D eigenvalue weighted by Crippen LogP contribution is -2.49. The number of aromatic nitrogens is 5. The van der Waals surface area contributed by atoms with E-state index in [0.29, 0.717) is 11.9 Å². The molecule has 4 heterocycles. The topological polar surface area (TPSA) is 100 Å². The van der Waals surface area contributed by atoms with Gasteiger partial charge in [0, 0.05) is 49.1 Å².